The lowest BCUT2D eigenvalue weighted by atomic mass is 10.1. The highest BCUT2D eigenvalue weighted by atomic mass is 127. The fraction of sp³-hybridized carbons (Fsp3) is 0.350. The van der Waals surface area contributed by atoms with Crippen molar-refractivity contribution in [2.75, 3.05) is 20.7 Å². The maximum Gasteiger partial charge on any atom is 0.191 e. The molecule has 0 spiro atoms. The van der Waals surface area contributed by atoms with Gasteiger partial charge in [-0.3, -0.25) is 4.99 Å². The van der Waals surface area contributed by atoms with E-state index in [1.165, 1.54) is 12.1 Å². The summed E-state index contributed by atoms with van der Waals surface area (Å²) in [6.07, 6.45) is -0.139. The molecule has 2 aromatic rings. The Morgan fingerprint density at radius 1 is 1.11 bits per heavy atom. The van der Waals surface area contributed by atoms with E-state index in [-0.39, 0.29) is 35.9 Å². The van der Waals surface area contributed by atoms with Gasteiger partial charge in [0.2, 0.25) is 0 Å². The number of benzene rings is 2. The first-order valence-electron chi connectivity index (χ1n) is 8.54. The summed E-state index contributed by atoms with van der Waals surface area (Å²) < 4.78 is 24.0. The molecule has 0 radical (unpaired) electrons. The van der Waals surface area contributed by atoms with Crippen LogP contribution in [0.2, 0.25) is 0 Å². The number of methoxy groups -OCH3 is 1. The Bertz CT molecular complexity index is 728. The second-order valence-electron chi connectivity index (χ2n) is 5.95. The number of hydrogen-bond donors (Lipinski definition) is 2. The van der Waals surface area contributed by atoms with E-state index in [4.69, 9.17) is 9.47 Å². The van der Waals surface area contributed by atoms with Crippen LogP contribution in [0.1, 0.15) is 18.1 Å². The first-order chi connectivity index (χ1) is 12.6. The van der Waals surface area contributed by atoms with Crippen LogP contribution < -0.4 is 15.4 Å². The Balaban J connectivity index is 0.00000364. The predicted molar refractivity (Wildman–Crippen MR) is 117 cm³/mol. The minimum Gasteiger partial charge on any atom is -0.489 e. The molecule has 0 aliphatic carbocycles. The average Bonchev–Trinajstić information content (AvgIpc) is 2.62. The van der Waals surface area contributed by atoms with Gasteiger partial charge < -0.3 is 20.1 Å². The van der Waals surface area contributed by atoms with E-state index in [1.54, 1.807) is 26.3 Å². The van der Waals surface area contributed by atoms with Crippen LogP contribution in [0.15, 0.2) is 53.5 Å². The predicted octanol–water partition coefficient (Wildman–Crippen LogP) is 3.72. The number of guanidine groups is 1. The van der Waals surface area contributed by atoms with Gasteiger partial charge >= 0.3 is 0 Å². The van der Waals surface area contributed by atoms with Gasteiger partial charge in [0.15, 0.2) is 5.96 Å². The van der Waals surface area contributed by atoms with Crippen molar-refractivity contribution >= 4 is 29.9 Å². The van der Waals surface area contributed by atoms with Gasteiger partial charge in [0.05, 0.1) is 13.2 Å². The van der Waals surface area contributed by atoms with Crippen LogP contribution in [0.25, 0.3) is 0 Å². The molecule has 0 fully saturated rings. The molecular weight excluding hydrogens is 460 g/mol. The van der Waals surface area contributed by atoms with Crippen LogP contribution in [0.5, 0.6) is 5.75 Å². The smallest absolute Gasteiger partial charge is 0.191 e. The van der Waals surface area contributed by atoms with Gasteiger partial charge in [0.1, 0.15) is 17.7 Å². The maximum atomic E-state index is 13.2. The highest BCUT2D eigenvalue weighted by Gasteiger charge is 2.06. The SMILES string of the molecule is CN=C(NCc1cccc(COC)c1)NCC(C)Oc1cccc(F)c1.I. The molecule has 5 nitrogen and oxygen atoms in total. The zero-order chi connectivity index (χ0) is 18.8. The zero-order valence-electron chi connectivity index (χ0n) is 15.9. The Hall–Kier alpha value is -1.87. The topological polar surface area (TPSA) is 54.9 Å². The molecule has 0 aliphatic heterocycles. The molecule has 0 heterocycles. The van der Waals surface area contributed by atoms with Crippen LogP contribution in [-0.2, 0) is 17.9 Å². The number of ether oxygens (including phenoxy) is 2. The third-order valence-electron chi connectivity index (χ3n) is 3.68. The lowest BCUT2D eigenvalue weighted by molar-refractivity contribution is 0.185. The third kappa shape index (κ3) is 8.57. The lowest BCUT2D eigenvalue weighted by Gasteiger charge is -2.18. The molecule has 0 saturated carbocycles. The van der Waals surface area contributed by atoms with Crippen molar-refractivity contribution in [3.63, 3.8) is 0 Å². The molecule has 0 aromatic heterocycles. The molecule has 0 bridgehead atoms. The number of hydrogen-bond acceptors (Lipinski definition) is 3. The summed E-state index contributed by atoms with van der Waals surface area (Å²) in [4.78, 5) is 4.21. The van der Waals surface area contributed by atoms with Crippen LogP contribution in [-0.4, -0.2) is 32.8 Å². The van der Waals surface area contributed by atoms with Gasteiger partial charge in [0.25, 0.3) is 0 Å². The highest BCUT2D eigenvalue weighted by molar-refractivity contribution is 14.0. The van der Waals surface area contributed by atoms with E-state index in [0.29, 0.717) is 31.4 Å². The van der Waals surface area contributed by atoms with Gasteiger partial charge in [-0.15, -0.1) is 24.0 Å². The Kier molecular flexibility index (Phi) is 10.7. The summed E-state index contributed by atoms with van der Waals surface area (Å²) >= 11 is 0. The molecule has 2 aromatic carbocycles. The molecule has 27 heavy (non-hydrogen) atoms. The van der Waals surface area contributed by atoms with Crippen LogP contribution in [0.4, 0.5) is 4.39 Å². The highest BCUT2D eigenvalue weighted by Crippen LogP contribution is 2.13. The van der Waals surface area contributed by atoms with E-state index in [9.17, 15) is 4.39 Å². The van der Waals surface area contributed by atoms with E-state index in [2.05, 4.69) is 27.8 Å². The van der Waals surface area contributed by atoms with Gasteiger partial charge in [0, 0.05) is 26.8 Å². The van der Waals surface area contributed by atoms with Gasteiger partial charge in [-0.25, -0.2) is 4.39 Å². The summed E-state index contributed by atoms with van der Waals surface area (Å²) in [7, 11) is 3.40. The van der Waals surface area contributed by atoms with Crippen molar-refractivity contribution in [2.45, 2.75) is 26.2 Å². The summed E-state index contributed by atoms with van der Waals surface area (Å²) in [6, 6.07) is 14.3. The average molecular weight is 487 g/mol. The molecule has 7 heteroatoms. The second kappa shape index (κ2) is 12.5. The summed E-state index contributed by atoms with van der Waals surface area (Å²) in [5, 5.41) is 6.48. The van der Waals surface area contributed by atoms with Gasteiger partial charge in [-0.05, 0) is 30.2 Å². The molecule has 1 unspecified atom stereocenters. The molecular formula is C20H27FIN3O2. The van der Waals surface area contributed by atoms with Crippen molar-refractivity contribution in [1.82, 2.24) is 10.6 Å². The molecule has 0 saturated heterocycles. The van der Waals surface area contributed by atoms with E-state index >= 15 is 0 Å². The first kappa shape index (κ1) is 23.2. The minimum absolute atomic E-state index is 0. The Morgan fingerprint density at radius 2 is 1.85 bits per heavy atom. The number of nitrogens with one attached hydrogen (secondary N) is 2. The standard InChI is InChI=1S/C20H26FN3O2.HI/c1-15(26-19-9-5-8-18(21)11-19)12-23-20(22-2)24-13-16-6-4-7-17(10-16)14-25-3;/h4-11,15H,12-14H2,1-3H3,(H2,22,23,24);1H. The minimum atomic E-state index is -0.309. The van der Waals surface area contributed by atoms with Gasteiger partial charge in [-0.2, -0.15) is 0 Å². The van der Waals surface area contributed by atoms with E-state index in [1.807, 2.05) is 19.1 Å². The fourth-order valence-corrected chi connectivity index (χ4v) is 2.46. The largest absolute Gasteiger partial charge is 0.489 e. The lowest BCUT2D eigenvalue weighted by Crippen LogP contribution is -2.41. The van der Waals surface area contributed by atoms with E-state index in [0.717, 1.165) is 11.1 Å². The van der Waals surface area contributed by atoms with Crippen molar-refractivity contribution in [2.24, 2.45) is 4.99 Å². The van der Waals surface area contributed by atoms with Crippen LogP contribution >= 0.6 is 24.0 Å². The molecule has 1 atom stereocenters. The molecule has 0 aliphatic rings. The zero-order valence-corrected chi connectivity index (χ0v) is 18.2. The number of halogens is 2. The van der Waals surface area contributed by atoms with Crippen molar-refractivity contribution in [1.29, 1.82) is 0 Å². The normalized spacial score (nSPS) is 12.1. The molecule has 2 rings (SSSR count). The molecule has 0 amide bonds. The third-order valence-corrected chi connectivity index (χ3v) is 3.68. The Labute approximate surface area is 177 Å². The van der Waals surface area contributed by atoms with Crippen molar-refractivity contribution < 1.29 is 13.9 Å². The number of aliphatic imine (C=N–C) groups is 1. The van der Waals surface area contributed by atoms with Crippen molar-refractivity contribution in [3.8, 4) is 5.75 Å². The van der Waals surface area contributed by atoms with E-state index < -0.39 is 0 Å². The van der Waals surface area contributed by atoms with Crippen molar-refractivity contribution in [3.05, 3.63) is 65.5 Å². The number of rotatable bonds is 8. The molecule has 148 valence electrons. The summed E-state index contributed by atoms with van der Waals surface area (Å²) in [6.45, 7) is 3.70. The number of nitrogens with zero attached hydrogens (tertiary/aromatic N) is 1. The first-order valence-corrected chi connectivity index (χ1v) is 8.54. The maximum absolute atomic E-state index is 13.2. The summed E-state index contributed by atoms with van der Waals surface area (Å²) in [5.41, 5.74) is 2.28. The Morgan fingerprint density at radius 3 is 2.56 bits per heavy atom. The second-order valence-corrected chi connectivity index (χ2v) is 5.95. The summed E-state index contributed by atoms with van der Waals surface area (Å²) in [5.74, 6) is 0.880. The van der Waals surface area contributed by atoms with Gasteiger partial charge in [-0.1, -0.05) is 30.3 Å². The molecule has 2 N–H and O–H groups in total. The van der Waals surface area contributed by atoms with Crippen LogP contribution in [0.3, 0.4) is 0 Å². The monoisotopic (exact) mass is 487 g/mol. The van der Waals surface area contributed by atoms with Crippen LogP contribution in [0, 0.1) is 5.82 Å². The fourth-order valence-electron chi connectivity index (χ4n) is 2.46. The quantitative estimate of drug-likeness (QED) is 0.339.